The number of hydrogen-bond acceptors (Lipinski definition) is 2. The molecule has 0 spiro atoms. The molecule has 3 N–H and O–H groups in total. The smallest absolute Gasteiger partial charge is 0.245 e. The highest BCUT2D eigenvalue weighted by Gasteiger charge is 2.38. The summed E-state index contributed by atoms with van der Waals surface area (Å²) in [5.74, 6) is 0.546. The summed E-state index contributed by atoms with van der Waals surface area (Å²) in [5.41, 5.74) is 5.47. The third-order valence-electron chi connectivity index (χ3n) is 3.77. The molecule has 0 aromatic heterocycles. The SMILES string of the molecule is CC1(C)C(=O)NCCN1C(N)=NC1CCCC1. The van der Waals surface area contributed by atoms with Gasteiger partial charge in [0.05, 0.1) is 6.04 Å². The van der Waals surface area contributed by atoms with Gasteiger partial charge in [-0.05, 0) is 26.7 Å². The van der Waals surface area contributed by atoms with Gasteiger partial charge in [0.1, 0.15) is 5.54 Å². The summed E-state index contributed by atoms with van der Waals surface area (Å²) in [6, 6.07) is 0.357. The van der Waals surface area contributed by atoms with Crippen LogP contribution in [0.4, 0.5) is 0 Å². The predicted octanol–water partition coefficient (Wildman–Crippen LogP) is 0.454. The lowest BCUT2D eigenvalue weighted by Crippen LogP contribution is -2.65. The fourth-order valence-corrected chi connectivity index (χ4v) is 2.59. The minimum atomic E-state index is -0.593. The second-order valence-corrected chi connectivity index (χ2v) is 5.39. The monoisotopic (exact) mass is 238 g/mol. The normalized spacial score (nSPS) is 26.1. The Morgan fingerprint density at radius 1 is 1.47 bits per heavy atom. The molecule has 5 heteroatoms. The Labute approximate surface area is 102 Å². The number of nitrogens with zero attached hydrogens (tertiary/aromatic N) is 2. The maximum atomic E-state index is 11.8. The van der Waals surface area contributed by atoms with Gasteiger partial charge in [0.2, 0.25) is 5.91 Å². The first kappa shape index (κ1) is 12.2. The summed E-state index contributed by atoms with van der Waals surface area (Å²) in [6.07, 6.45) is 4.74. The van der Waals surface area contributed by atoms with E-state index in [4.69, 9.17) is 5.73 Å². The molecular weight excluding hydrogens is 216 g/mol. The van der Waals surface area contributed by atoms with Crippen LogP contribution in [0.25, 0.3) is 0 Å². The second kappa shape index (κ2) is 4.55. The van der Waals surface area contributed by atoms with Crippen LogP contribution >= 0.6 is 0 Å². The van der Waals surface area contributed by atoms with E-state index >= 15 is 0 Å². The van der Waals surface area contributed by atoms with Gasteiger partial charge in [-0.2, -0.15) is 0 Å². The van der Waals surface area contributed by atoms with Crippen LogP contribution in [0.3, 0.4) is 0 Å². The third kappa shape index (κ3) is 2.37. The Morgan fingerprint density at radius 2 is 2.12 bits per heavy atom. The van der Waals surface area contributed by atoms with Crippen molar-refractivity contribution in [1.82, 2.24) is 10.2 Å². The number of nitrogens with one attached hydrogen (secondary N) is 1. The Morgan fingerprint density at radius 3 is 2.76 bits per heavy atom. The molecule has 2 fully saturated rings. The number of rotatable bonds is 1. The molecule has 0 aromatic carbocycles. The molecule has 1 aliphatic carbocycles. The summed E-state index contributed by atoms with van der Waals surface area (Å²) >= 11 is 0. The Hall–Kier alpha value is -1.26. The first-order valence-corrected chi connectivity index (χ1v) is 6.41. The molecular formula is C12H22N4O. The fraction of sp³-hybridized carbons (Fsp3) is 0.833. The lowest BCUT2D eigenvalue weighted by Gasteiger charge is -2.42. The van der Waals surface area contributed by atoms with E-state index in [0.717, 1.165) is 19.4 Å². The van der Waals surface area contributed by atoms with Crippen molar-refractivity contribution in [3.05, 3.63) is 0 Å². The van der Waals surface area contributed by atoms with Gasteiger partial charge in [-0.1, -0.05) is 12.8 Å². The minimum absolute atomic E-state index is 0.0216. The van der Waals surface area contributed by atoms with Crippen LogP contribution in [-0.4, -0.2) is 41.4 Å². The summed E-state index contributed by atoms with van der Waals surface area (Å²) in [4.78, 5) is 18.3. The number of piperazine rings is 1. The molecule has 1 heterocycles. The number of carbonyl (C=O) groups is 1. The van der Waals surface area contributed by atoms with Crippen molar-refractivity contribution in [3.63, 3.8) is 0 Å². The van der Waals surface area contributed by atoms with E-state index < -0.39 is 5.54 Å². The molecule has 0 bridgehead atoms. The van der Waals surface area contributed by atoms with Crippen molar-refractivity contribution in [2.24, 2.45) is 10.7 Å². The van der Waals surface area contributed by atoms with Crippen molar-refractivity contribution in [2.45, 2.75) is 51.1 Å². The number of aliphatic imine (C=N–C) groups is 1. The van der Waals surface area contributed by atoms with Crippen LogP contribution in [0.15, 0.2) is 4.99 Å². The highest BCUT2D eigenvalue weighted by Crippen LogP contribution is 2.22. The molecule has 1 aliphatic heterocycles. The van der Waals surface area contributed by atoms with E-state index in [9.17, 15) is 4.79 Å². The fourth-order valence-electron chi connectivity index (χ4n) is 2.59. The first-order chi connectivity index (χ1) is 8.01. The zero-order valence-corrected chi connectivity index (χ0v) is 10.7. The lowest BCUT2D eigenvalue weighted by atomic mass is 9.99. The van der Waals surface area contributed by atoms with Gasteiger partial charge in [0, 0.05) is 13.1 Å². The van der Waals surface area contributed by atoms with Crippen LogP contribution in [-0.2, 0) is 4.79 Å². The van der Waals surface area contributed by atoms with E-state index in [2.05, 4.69) is 10.3 Å². The van der Waals surface area contributed by atoms with E-state index in [1.165, 1.54) is 12.8 Å². The maximum Gasteiger partial charge on any atom is 0.245 e. The summed E-state index contributed by atoms with van der Waals surface area (Å²) in [5, 5.41) is 2.86. The number of amides is 1. The number of guanidine groups is 1. The summed E-state index contributed by atoms with van der Waals surface area (Å²) < 4.78 is 0. The molecule has 5 nitrogen and oxygen atoms in total. The molecule has 0 aromatic rings. The van der Waals surface area contributed by atoms with Gasteiger partial charge in [0.15, 0.2) is 5.96 Å². The molecule has 2 rings (SSSR count). The van der Waals surface area contributed by atoms with Crippen LogP contribution in [0, 0.1) is 0 Å². The summed E-state index contributed by atoms with van der Waals surface area (Å²) in [6.45, 7) is 5.15. The highest BCUT2D eigenvalue weighted by molar-refractivity contribution is 5.92. The average molecular weight is 238 g/mol. The highest BCUT2D eigenvalue weighted by atomic mass is 16.2. The molecule has 1 amide bonds. The Bertz CT molecular complexity index is 331. The van der Waals surface area contributed by atoms with E-state index in [0.29, 0.717) is 18.5 Å². The zero-order chi connectivity index (χ0) is 12.5. The van der Waals surface area contributed by atoms with Crippen LogP contribution in [0.5, 0.6) is 0 Å². The van der Waals surface area contributed by atoms with Gasteiger partial charge in [-0.15, -0.1) is 0 Å². The second-order valence-electron chi connectivity index (χ2n) is 5.39. The number of hydrogen-bond donors (Lipinski definition) is 2. The molecule has 2 aliphatic rings. The quantitative estimate of drug-likeness (QED) is 0.515. The van der Waals surface area contributed by atoms with Crippen molar-refractivity contribution < 1.29 is 4.79 Å². The molecule has 0 unspecified atom stereocenters. The Kier molecular flexibility index (Phi) is 3.26. The molecule has 17 heavy (non-hydrogen) atoms. The van der Waals surface area contributed by atoms with Crippen LogP contribution in [0.2, 0.25) is 0 Å². The van der Waals surface area contributed by atoms with Crippen molar-refractivity contribution >= 4 is 11.9 Å². The third-order valence-corrected chi connectivity index (χ3v) is 3.77. The van der Waals surface area contributed by atoms with Gasteiger partial charge < -0.3 is 16.0 Å². The van der Waals surface area contributed by atoms with Crippen molar-refractivity contribution in [2.75, 3.05) is 13.1 Å². The van der Waals surface area contributed by atoms with Gasteiger partial charge in [-0.25, -0.2) is 4.99 Å². The van der Waals surface area contributed by atoms with Crippen LogP contribution in [0.1, 0.15) is 39.5 Å². The largest absolute Gasteiger partial charge is 0.370 e. The standard InChI is InChI=1S/C12H22N4O/c1-12(2)10(17)14-7-8-16(12)11(13)15-9-5-3-4-6-9/h9H,3-8H2,1-2H3,(H2,13,15)(H,14,17). The Balaban J connectivity index is 2.11. The van der Waals surface area contributed by atoms with Crippen molar-refractivity contribution in [3.8, 4) is 0 Å². The predicted molar refractivity (Wildman–Crippen MR) is 67.7 cm³/mol. The van der Waals surface area contributed by atoms with E-state index in [1.54, 1.807) is 0 Å². The van der Waals surface area contributed by atoms with Gasteiger partial charge in [-0.3, -0.25) is 4.79 Å². The number of nitrogens with two attached hydrogens (primary N) is 1. The van der Waals surface area contributed by atoms with E-state index in [1.807, 2.05) is 18.7 Å². The summed E-state index contributed by atoms with van der Waals surface area (Å²) in [7, 11) is 0. The topological polar surface area (TPSA) is 70.7 Å². The van der Waals surface area contributed by atoms with Crippen LogP contribution < -0.4 is 11.1 Å². The molecule has 0 radical (unpaired) electrons. The van der Waals surface area contributed by atoms with Crippen molar-refractivity contribution in [1.29, 1.82) is 0 Å². The molecule has 1 saturated heterocycles. The molecule has 0 atom stereocenters. The number of carbonyl (C=O) groups excluding carboxylic acids is 1. The zero-order valence-electron chi connectivity index (χ0n) is 10.7. The van der Waals surface area contributed by atoms with Gasteiger partial charge in [0.25, 0.3) is 0 Å². The minimum Gasteiger partial charge on any atom is -0.370 e. The van der Waals surface area contributed by atoms with Gasteiger partial charge >= 0.3 is 0 Å². The van der Waals surface area contributed by atoms with E-state index in [-0.39, 0.29) is 5.91 Å². The molecule has 1 saturated carbocycles. The lowest BCUT2D eigenvalue weighted by molar-refractivity contribution is -0.132. The maximum absolute atomic E-state index is 11.8. The first-order valence-electron chi connectivity index (χ1n) is 6.41. The average Bonchev–Trinajstić information content (AvgIpc) is 2.74. The molecule has 96 valence electrons.